The van der Waals surface area contributed by atoms with Crippen molar-refractivity contribution in [2.75, 3.05) is 5.32 Å². The Morgan fingerprint density at radius 3 is 2.48 bits per heavy atom. The number of aliphatic imine (C=N–C) groups is 1. The van der Waals surface area contributed by atoms with Crippen LogP contribution in [-0.4, -0.2) is 26.8 Å². The van der Waals surface area contributed by atoms with Crippen LogP contribution in [0.2, 0.25) is 5.02 Å². The topological polar surface area (TPSA) is 102 Å². The van der Waals surface area contributed by atoms with Gasteiger partial charge in [0.1, 0.15) is 0 Å². The molecule has 1 amide bonds. The van der Waals surface area contributed by atoms with E-state index in [1.807, 2.05) is 0 Å². The van der Waals surface area contributed by atoms with Crippen LogP contribution in [0.3, 0.4) is 0 Å². The number of hydrogen-bond acceptors (Lipinski definition) is 4. The molecule has 1 aromatic heterocycles. The van der Waals surface area contributed by atoms with E-state index in [1.165, 1.54) is 18.3 Å². The summed E-state index contributed by atoms with van der Waals surface area (Å²) < 4.78 is -1.99. The molecular formula is C16H12Cl4N6O. The van der Waals surface area contributed by atoms with Gasteiger partial charge in [-0.1, -0.05) is 46.4 Å². The first kappa shape index (κ1) is 21.1. The molecule has 3 N–H and O–H groups in total. The van der Waals surface area contributed by atoms with Crippen LogP contribution in [0, 0.1) is 11.5 Å². The number of anilines is 1. The second-order valence-corrected chi connectivity index (χ2v) is 7.81. The zero-order valence-electron chi connectivity index (χ0n) is 13.5. The number of carbonyl (C=O) groups excluding carboxylic acids is 1. The lowest BCUT2D eigenvalue weighted by atomic mass is 10.2. The van der Waals surface area contributed by atoms with E-state index in [1.54, 1.807) is 36.7 Å². The summed E-state index contributed by atoms with van der Waals surface area (Å²) in [5.74, 6) is -0.581. The van der Waals surface area contributed by atoms with Gasteiger partial charge in [0, 0.05) is 16.8 Å². The molecule has 140 valence electrons. The third-order valence-corrected chi connectivity index (χ3v) is 3.91. The van der Waals surface area contributed by atoms with E-state index in [-0.39, 0.29) is 5.96 Å². The minimum atomic E-state index is -1.99. The van der Waals surface area contributed by atoms with Crippen molar-refractivity contribution >= 4 is 64.0 Å². The quantitative estimate of drug-likeness (QED) is 0.219. The van der Waals surface area contributed by atoms with E-state index >= 15 is 0 Å². The van der Waals surface area contributed by atoms with Crippen molar-refractivity contribution in [2.24, 2.45) is 4.99 Å². The van der Waals surface area contributed by atoms with Gasteiger partial charge in [0.2, 0.25) is 9.75 Å². The molecule has 0 aliphatic rings. The maximum atomic E-state index is 12.4. The molecular weight excluding hydrogens is 434 g/mol. The van der Waals surface area contributed by atoms with E-state index in [4.69, 9.17) is 51.7 Å². The molecule has 2 aromatic rings. The predicted molar refractivity (Wildman–Crippen MR) is 107 cm³/mol. The summed E-state index contributed by atoms with van der Waals surface area (Å²) in [6.07, 6.45) is 3.50. The predicted octanol–water partition coefficient (Wildman–Crippen LogP) is 3.70. The highest BCUT2D eigenvalue weighted by Crippen LogP contribution is 2.31. The molecule has 1 aromatic carbocycles. The molecule has 7 nitrogen and oxygen atoms in total. The van der Waals surface area contributed by atoms with Crippen molar-refractivity contribution in [3.8, 4) is 6.19 Å². The average Bonchev–Trinajstić information content (AvgIpc) is 2.62. The normalized spacial score (nSPS) is 12.6. The van der Waals surface area contributed by atoms with Crippen LogP contribution < -0.4 is 16.0 Å². The average molecular weight is 446 g/mol. The van der Waals surface area contributed by atoms with Crippen LogP contribution in [0.25, 0.3) is 0 Å². The Morgan fingerprint density at radius 1 is 1.22 bits per heavy atom. The number of alkyl halides is 3. The molecule has 1 heterocycles. The number of benzene rings is 1. The van der Waals surface area contributed by atoms with Gasteiger partial charge in [-0.25, -0.2) is 4.99 Å². The van der Waals surface area contributed by atoms with E-state index in [9.17, 15) is 4.79 Å². The van der Waals surface area contributed by atoms with Gasteiger partial charge in [0.05, 0.1) is 11.9 Å². The Kier molecular flexibility index (Phi) is 7.51. The molecule has 1 atom stereocenters. The summed E-state index contributed by atoms with van der Waals surface area (Å²) in [4.78, 5) is 20.4. The first-order valence-corrected chi connectivity index (χ1v) is 8.84. The summed E-state index contributed by atoms with van der Waals surface area (Å²) in [6, 6.07) is 9.50. The Labute approximate surface area is 175 Å². The fourth-order valence-electron chi connectivity index (χ4n) is 1.85. The molecule has 0 aliphatic carbocycles. The van der Waals surface area contributed by atoms with E-state index in [0.29, 0.717) is 16.3 Å². The van der Waals surface area contributed by atoms with Gasteiger partial charge < -0.3 is 10.6 Å². The molecule has 0 radical (unpaired) electrons. The Balaban J connectivity index is 2.25. The molecule has 1 unspecified atom stereocenters. The summed E-state index contributed by atoms with van der Waals surface area (Å²) in [7, 11) is 0. The molecule has 27 heavy (non-hydrogen) atoms. The highest BCUT2D eigenvalue weighted by molar-refractivity contribution is 6.68. The van der Waals surface area contributed by atoms with E-state index in [2.05, 4.69) is 25.9 Å². The van der Waals surface area contributed by atoms with Gasteiger partial charge in [-0.2, -0.15) is 5.26 Å². The van der Waals surface area contributed by atoms with Gasteiger partial charge in [0.15, 0.2) is 12.4 Å². The minimum Gasteiger partial charge on any atom is -0.327 e. The first-order valence-electron chi connectivity index (χ1n) is 7.32. The standard InChI is InChI=1S/C16H12Cl4N6O/c17-11-5-3-10(4-6-11)13(27)25-14(16(18,19)20)26-15(23-9-21)24-12-2-1-7-22-8-12/h1-8,14H,(H,25,27)(H2,23,24,26). The maximum absolute atomic E-state index is 12.4. The van der Waals surface area contributed by atoms with Gasteiger partial charge >= 0.3 is 0 Å². The molecule has 0 saturated carbocycles. The van der Waals surface area contributed by atoms with Crippen LogP contribution >= 0.6 is 46.4 Å². The smallest absolute Gasteiger partial charge is 0.253 e. The van der Waals surface area contributed by atoms with Crippen molar-refractivity contribution < 1.29 is 4.79 Å². The number of rotatable bonds is 4. The van der Waals surface area contributed by atoms with Crippen molar-refractivity contribution in [1.29, 1.82) is 5.26 Å². The van der Waals surface area contributed by atoms with Gasteiger partial charge in [-0.15, -0.1) is 0 Å². The largest absolute Gasteiger partial charge is 0.327 e. The van der Waals surface area contributed by atoms with Crippen molar-refractivity contribution in [2.45, 2.75) is 9.96 Å². The third-order valence-electron chi connectivity index (χ3n) is 3.04. The molecule has 11 heteroatoms. The van der Waals surface area contributed by atoms with Crippen LogP contribution in [0.15, 0.2) is 53.8 Å². The third kappa shape index (κ3) is 6.77. The zero-order valence-corrected chi connectivity index (χ0v) is 16.5. The molecule has 2 rings (SSSR count). The zero-order chi connectivity index (χ0) is 19.9. The lowest BCUT2D eigenvalue weighted by Crippen LogP contribution is -2.44. The van der Waals surface area contributed by atoms with Gasteiger partial charge in [-0.05, 0) is 36.4 Å². The number of nitrogens with zero attached hydrogens (tertiary/aromatic N) is 3. The number of pyridine rings is 1. The second kappa shape index (κ2) is 9.62. The van der Waals surface area contributed by atoms with Crippen LogP contribution in [0.5, 0.6) is 0 Å². The summed E-state index contributed by atoms with van der Waals surface area (Å²) in [5, 5.41) is 17.0. The monoisotopic (exact) mass is 444 g/mol. The fourth-order valence-corrected chi connectivity index (χ4v) is 2.28. The number of aromatic nitrogens is 1. The van der Waals surface area contributed by atoms with E-state index in [0.717, 1.165) is 0 Å². The first-order chi connectivity index (χ1) is 12.8. The minimum absolute atomic E-state index is 0.0433. The van der Waals surface area contributed by atoms with E-state index < -0.39 is 15.9 Å². The molecule has 0 aliphatic heterocycles. The second-order valence-electron chi connectivity index (χ2n) is 5.01. The number of nitrogens with one attached hydrogen (secondary N) is 3. The summed E-state index contributed by atoms with van der Waals surface area (Å²) in [5.41, 5.74) is 0.829. The number of halogens is 4. The van der Waals surface area contributed by atoms with Gasteiger partial charge in [-0.3, -0.25) is 15.1 Å². The number of hydrogen-bond donors (Lipinski definition) is 3. The number of guanidine groups is 1. The number of nitriles is 1. The molecule has 0 bridgehead atoms. The van der Waals surface area contributed by atoms with Crippen LogP contribution in [0.1, 0.15) is 10.4 Å². The Hall–Kier alpha value is -2.24. The number of amides is 1. The molecule has 0 fully saturated rings. The lowest BCUT2D eigenvalue weighted by Gasteiger charge is -2.23. The van der Waals surface area contributed by atoms with Gasteiger partial charge in [0.25, 0.3) is 5.91 Å². The SMILES string of the molecule is N#CNC(=NC(NC(=O)c1ccc(Cl)cc1)C(Cl)(Cl)Cl)Nc1cccnc1. The van der Waals surface area contributed by atoms with Crippen LogP contribution in [-0.2, 0) is 0 Å². The fraction of sp³-hybridized carbons (Fsp3) is 0.125. The Bertz CT molecular complexity index is 846. The summed E-state index contributed by atoms with van der Waals surface area (Å²) in [6.45, 7) is 0. The van der Waals surface area contributed by atoms with Crippen molar-refractivity contribution in [3.63, 3.8) is 0 Å². The van der Waals surface area contributed by atoms with Crippen LogP contribution in [0.4, 0.5) is 5.69 Å². The molecule has 0 saturated heterocycles. The Morgan fingerprint density at radius 2 is 1.93 bits per heavy atom. The van der Waals surface area contributed by atoms with Crippen molar-refractivity contribution in [1.82, 2.24) is 15.6 Å². The lowest BCUT2D eigenvalue weighted by molar-refractivity contribution is 0.0939. The summed E-state index contributed by atoms with van der Waals surface area (Å²) >= 11 is 23.6. The van der Waals surface area contributed by atoms with Crippen molar-refractivity contribution in [3.05, 3.63) is 59.4 Å². The highest BCUT2D eigenvalue weighted by atomic mass is 35.6. The highest BCUT2D eigenvalue weighted by Gasteiger charge is 2.34. The molecule has 0 spiro atoms. The maximum Gasteiger partial charge on any atom is 0.253 e. The number of carbonyl (C=O) groups is 1.